The van der Waals surface area contributed by atoms with Crippen LogP contribution in [0, 0.1) is 0 Å². The lowest BCUT2D eigenvalue weighted by Gasteiger charge is -2.41. The lowest BCUT2D eigenvalue weighted by Crippen LogP contribution is -2.49. The minimum atomic E-state index is -0.373. The summed E-state index contributed by atoms with van der Waals surface area (Å²) < 4.78 is 12.5. The van der Waals surface area contributed by atoms with E-state index in [1.165, 1.54) is 0 Å². The van der Waals surface area contributed by atoms with Crippen LogP contribution in [0.15, 0.2) is 22.7 Å². The van der Waals surface area contributed by atoms with Crippen LogP contribution in [-0.2, 0) is 4.74 Å². The minimum absolute atomic E-state index is 0.000631. The van der Waals surface area contributed by atoms with Crippen LogP contribution in [-0.4, -0.2) is 18.8 Å². The average Bonchev–Trinajstić information content (AvgIpc) is 2.26. The molecule has 1 aromatic carbocycles. The molecule has 3 atom stereocenters. The Kier molecular flexibility index (Phi) is 3.48. The van der Waals surface area contributed by atoms with Crippen LogP contribution in [0.2, 0.25) is 0 Å². The molecule has 0 saturated heterocycles. The monoisotopic (exact) mass is 299 g/mol. The van der Waals surface area contributed by atoms with Gasteiger partial charge < -0.3 is 15.2 Å². The van der Waals surface area contributed by atoms with Gasteiger partial charge in [-0.15, -0.1) is 0 Å². The second-order valence-corrected chi connectivity index (χ2v) is 5.70. The largest absolute Gasteiger partial charge is 0.484 e. The smallest absolute Gasteiger partial charge is 0.134 e. The number of halogens is 1. The van der Waals surface area contributed by atoms with Crippen molar-refractivity contribution in [1.82, 2.24) is 0 Å². The molecule has 0 bridgehead atoms. The predicted molar refractivity (Wildman–Crippen MR) is 71.2 cm³/mol. The summed E-state index contributed by atoms with van der Waals surface area (Å²) in [6, 6.07) is 5.97. The molecular weight excluding hydrogens is 282 g/mol. The molecule has 0 amide bonds. The molecule has 1 aliphatic heterocycles. The maximum Gasteiger partial charge on any atom is 0.134 e. The molecule has 0 aliphatic carbocycles. The fourth-order valence-corrected chi connectivity index (χ4v) is 2.58. The molecule has 0 fully saturated rings. The van der Waals surface area contributed by atoms with Crippen molar-refractivity contribution in [1.29, 1.82) is 0 Å². The third kappa shape index (κ3) is 2.34. The van der Waals surface area contributed by atoms with E-state index in [0.29, 0.717) is 0 Å². The van der Waals surface area contributed by atoms with Crippen molar-refractivity contribution in [2.24, 2.45) is 5.73 Å². The SMILES string of the molecule is COC(C)C1(C)C[C@@H](N)c2ccc(Br)cc2O1. The Morgan fingerprint density at radius 1 is 1.59 bits per heavy atom. The van der Waals surface area contributed by atoms with Gasteiger partial charge in [-0.05, 0) is 26.0 Å². The fraction of sp³-hybridized carbons (Fsp3) is 0.538. The first-order valence-corrected chi connectivity index (χ1v) is 6.52. The first-order chi connectivity index (χ1) is 7.96. The van der Waals surface area contributed by atoms with Crippen molar-refractivity contribution in [3.05, 3.63) is 28.2 Å². The third-order valence-electron chi connectivity index (χ3n) is 3.56. The minimum Gasteiger partial charge on any atom is -0.484 e. The van der Waals surface area contributed by atoms with Gasteiger partial charge in [0.1, 0.15) is 11.4 Å². The Balaban J connectivity index is 2.37. The summed E-state index contributed by atoms with van der Waals surface area (Å²) in [4.78, 5) is 0. The molecule has 2 unspecified atom stereocenters. The van der Waals surface area contributed by atoms with E-state index >= 15 is 0 Å². The van der Waals surface area contributed by atoms with Crippen molar-refractivity contribution in [3.63, 3.8) is 0 Å². The predicted octanol–water partition coefficient (Wildman–Crippen LogP) is 3.03. The molecule has 0 saturated carbocycles. The second kappa shape index (κ2) is 4.59. The van der Waals surface area contributed by atoms with Gasteiger partial charge in [0.25, 0.3) is 0 Å². The van der Waals surface area contributed by atoms with Crippen molar-refractivity contribution in [3.8, 4) is 5.75 Å². The van der Waals surface area contributed by atoms with E-state index in [1.807, 2.05) is 32.0 Å². The summed E-state index contributed by atoms with van der Waals surface area (Å²) in [7, 11) is 1.70. The molecule has 1 aliphatic rings. The van der Waals surface area contributed by atoms with Crippen molar-refractivity contribution >= 4 is 15.9 Å². The van der Waals surface area contributed by atoms with Gasteiger partial charge in [-0.1, -0.05) is 22.0 Å². The molecule has 3 nitrogen and oxygen atoms in total. The number of hydrogen-bond acceptors (Lipinski definition) is 3. The summed E-state index contributed by atoms with van der Waals surface area (Å²) in [5.41, 5.74) is 6.90. The lowest BCUT2D eigenvalue weighted by molar-refractivity contribution is -0.0707. The van der Waals surface area contributed by atoms with Gasteiger partial charge in [-0.3, -0.25) is 0 Å². The summed E-state index contributed by atoms with van der Waals surface area (Å²) in [6.45, 7) is 4.06. The lowest BCUT2D eigenvalue weighted by atomic mass is 9.85. The zero-order valence-electron chi connectivity index (χ0n) is 10.4. The van der Waals surface area contributed by atoms with Crippen molar-refractivity contribution in [2.45, 2.75) is 38.0 Å². The Hall–Kier alpha value is -0.580. The molecule has 0 radical (unpaired) electrons. The van der Waals surface area contributed by atoms with Gasteiger partial charge in [0, 0.05) is 29.6 Å². The zero-order valence-corrected chi connectivity index (χ0v) is 12.0. The van der Waals surface area contributed by atoms with Gasteiger partial charge in [0.15, 0.2) is 0 Å². The van der Waals surface area contributed by atoms with Crippen LogP contribution in [0.3, 0.4) is 0 Å². The maximum absolute atomic E-state index is 6.21. The van der Waals surface area contributed by atoms with Gasteiger partial charge in [-0.25, -0.2) is 0 Å². The van der Waals surface area contributed by atoms with E-state index < -0.39 is 0 Å². The molecule has 94 valence electrons. The molecule has 0 spiro atoms. The average molecular weight is 300 g/mol. The van der Waals surface area contributed by atoms with E-state index in [1.54, 1.807) is 7.11 Å². The zero-order chi connectivity index (χ0) is 12.6. The van der Waals surface area contributed by atoms with Crippen LogP contribution in [0.4, 0.5) is 0 Å². The van der Waals surface area contributed by atoms with Crippen LogP contribution < -0.4 is 10.5 Å². The number of ether oxygens (including phenoxy) is 2. The van der Waals surface area contributed by atoms with Crippen molar-refractivity contribution in [2.75, 3.05) is 7.11 Å². The number of hydrogen-bond donors (Lipinski definition) is 1. The van der Waals surface area contributed by atoms with Crippen LogP contribution >= 0.6 is 15.9 Å². The quantitative estimate of drug-likeness (QED) is 0.913. The molecule has 1 aromatic rings. The molecule has 0 aromatic heterocycles. The summed E-state index contributed by atoms with van der Waals surface area (Å²) in [5, 5.41) is 0. The van der Waals surface area contributed by atoms with E-state index in [0.717, 1.165) is 22.2 Å². The molecule has 17 heavy (non-hydrogen) atoms. The highest BCUT2D eigenvalue weighted by atomic mass is 79.9. The van der Waals surface area contributed by atoms with Gasteiger partial charge in [0.05, 0.1) is 6.10 Å². The Morgan fingerprint density at radius 2 is 2.29 bits per heavy atom. The number of benzene rings is 1. The molecule has 2 N–H and O–H groups in total. The highest BCUT2D eigenvalue weighted by molar-refractivity contribution is 9.10. The van der Waals surface area contributed by atoms with Gasteiger partial charge in [-0.2, -0.15) is 0 Å². The van der Waals surface area contributed by atoms with Crippen LogP contribution in [0.25, 0.3) is 0 Å². The number of fused-ring (bicyclic) bond motifs is 1. The van der Waals surface area contributed by atoms with Gasteiger partial charge in [0.2, 0.25) is 0 Å². The van der Waals surface area contributed by atoms with Gasteiger partial charge >= 0.3 is 0 Å². The molecule has 1 heterocycles. The molecular formula is C13H18BrNO2. The maximum atomic E-state index is 6.21. The number of methoxy groups -OCH3 is 1. The number of nitrogens with two attached hydrogens (primary N) is 1. The summed E-state index contributed by atoms with van der Waals surface area (Å²) in [5.74, 6) is 0.851. The van der Waals surface area contributed by atoms with E-state index in [9.17, 15) is 0 Å². The van der Waals surface area contributed by atoms with Crippen LogP contribution in [0.5, 0.6) is 5.75 Å². The van der Waals surface area contributed by atoms with E-state index in [-0.39, 0.29) is 17.7 Å². The third-order valence-corrected chi connectivity index (χ3v) is 4.05. The van der Waals surface area contributed by atoms with E-state index in [4.69, 9.17) is 15.2 Å². The summed E-state index contributed by atoms with van der Waals surface area (Å²) >= 11 is 3.45. The van der Waals surface area contributed by atoms with E-state index in [2.05, 4.69) is 15.9 Å². The van der Waals surface area contributed by atoms with Crippen LogP contribution in [0.1, 0.15) is 31.9 Å². The molecule has 2 rings (SSSR count). The second-order valence-electron chi connectivity index (χ2n) is 4.79. The summed E-state index contributed by atoms with van der Waals surface area (Å²) in [6.07, 6.45) is 0.761. The van der Waals surface area contributed by atoms with Crippen molar-refractivity contribution < 1.29 is 9.47 Å². The highest BCUT2D eigenvalue weighted by Crippen LogP contribution is 2.41. The first-order valence-electron chi connectivity index (χ1n) is 5.73. The highest BCUT2D eigenvalue weighted by Gasteiger charge is 2.40. The first kappa shape index (κ1) is 12.9. The Labute approximate surface area is 110 Å². The Morgan fingerprint density at radius 3 is 2.94 bits per heavy atom. The Bertz CT molecular complexity index is 424. The standard InChI is InChI=1S/C13H18BrNO2/c1-8(16-3)13(2)7-11(15)10-5-4-9(14)6-12(10)17-13/h4-6,8,11H,7,15H2,1-3H3/t8?,11-,13?/m1/s1. The normalized spacial score (nSPS) is 29.4. The molecule has 4 heteroatoms. The fourth-order valence-electron chi connectivity index (χ4n) is 2.24. The topological polar surface area (TPSA) is 44.5 Å². The number of rotatable bonds is 2.